The molecule has 2 unspecified atom stereocenters. The number of benzene rings is 2. The van der Waals surface area contributed by atoms with Gasteiger partial charge in [0.2, 0.25) is 0 Å². The van der Waals surface area contributed by atoms with Crippen molar-refractivity contribution in [2.24, 2.45) is 0 Å². The molecule has 2 aliphatic heterocycles. The molecule has 2 aliphatic rings. The molecule has 10 heteroatoms. The highest BCUT2D eigenvalue weighted by molar-refractivity contribution is 5.65. The molecule has 47 heavy (non-hydrogen) atoms. The Balaban J connectivity index is 1.09. The molecule has 0 bridgehead atoms. The lowest BCUT2D eigenvalue weighted by molar-refractivity contribution is 0.155. The number of hydrogen-bond donors (Lipinski definition) is 0. The van der Waals surface area contributed by atoms with Crippen molar-refractivity contribution in [3.63, 3.8) is 0 Å². The third-order valence-corrected chi connectivity index (χ3v) is 10.2. The molecule has 10 nitrogen and oxygen atoms in total. The van der Waals surface area contributed by atoms with Gasteiger partial charge < -0.3 is 4.90 Å². The minimum absolute atomic E-state index is 0.191. The lowest BCUT2D eigenvalue weighted by atomic mass is 9.91. The molecule has 0 N–H and O–H groups in total. The molecule has 3 aromatic heterocycles. The number of nitrogens with zero attached hydrogens (tertiary/aromatic N) is 10. The molecule has 0 spiro atoms. The van der Waals surface area contributed by atoms with Crippen LogP contribution < -0.4 is 4.90 Å². The highest BCUT2D eigenvalue weighted by Gasteiger charge is 2.29. The Morgan fingerprint density at radius 3 is 2.09 bits per heavy atom. The van der Waals surface area contributed by atoms with Crippen molar-refractivity contribution >= 4 is 5.82 Å². The van der Waals surface area contributed by atoms with Gasteiger partial charge in [-0.2, -0.15) is 10.2 Å². The van der Waals surface area contributed by atoms with Crippen molar-refractivity contribution in [3.05, 3.63) is 101 Å². The number of rotatable bonds is 7. The third kappa shape index (κ3) is 6.47. The number of aromatic nitrogens is 8. The lowest BCUT2D eigenvalue weighted by Gasteiger charge is -2.37. The molecule has 7 rings (SSSR count). The van der Waals surface area contributed by atoms with Gasteiger partial charge in [-0.1, -0.05) is 36.4 Å². The van der Waals surface area contributed by atoms with Gasteiger partial charge in [-0.3, -0.25) is 9.88 Å². The van der Waals surface area contributed by atoms with Crippen molar-refractivity contribution in [1.82, 2.24) is 45.2 Å². The van der Waals surface area contributed by atoms with E-state index in [0.717, 1.165) is 91.8 Å². The van der Waals surface area contributed by atoms with Gasteiger partial charge in [-0.15, -0.1) is 10.2 Å². The Bertz CT molecular complexity index is 1840. The van der Waals surface area contributed by atoms with Crippen LogP contribution in [0.25, 0.3) is 22.5 Å². The van der Waals surface area contributed by atoms with Crippen LogP contribution in [0.1, 0.15) is 84.4 Å². The van der Waals surface area contributed by atoms with Crippen LogP contribution in [0, 0.1) is 20.8 Å². The molecule has 0 aliphatic carbocycles. The SMILES string of the molecule is Cc1cccc(-c2cnnc(C3CCCN([C@H](C)c4cccc(-c5cnnc(C6CCCN(c7cnccn7)C6)n5)c4C)C3)n2)c1C. The summed E-state index contributed by atoms with van der Waals surface area (Å²) >= 11 is 0. The van der Waals surface area contributed by atoms with E-state index in [1.165, 1.54) is 22.3 Å². The summed E-state index contributed by atoms with van der Waals surface area (Å²) in [5.41, 5.74) is 9.03. The standard InChI is InChI=1S/C37H42N10/c1-24-9-5-13-31(25(24)2)33-19-40-44-36(42-33)28-10-7-17-46(22-28)27(4)30-12-6-14-32(26(30)3)34-20-41-45-37(43-34)29-11-8-18-47(23-29)35-21-38-15-16-39-35/h5-6,9,12-16,19-21,27-29H,7-8,10-11,17-18,22-23H2,1-4H3/t27-,28?,29?/m1/s1. The quantitative estimate of drug-likeness (QED) is 0.200. The fraction of sp³-hybridized carbons (Fsp3) is 0.405. The van der Waals surface area contributed by atoms with Gasteiger partial charge in [0.15, 0.2) is 11.6 Å². The van der Waals surface area contributed by atoms with E-state index in [2.05, 4.69) is 104 Å². The third-order valence-electron chi connectivity index (χ3n) is 10.2. The Labute approximate surface area is 276 Å². The molecule has 2 fully saturated rings. The maximum Gasteiger partial charge on any atom is 0.156 e. The van der Waals surface area contributed by atoms with Gasteiger partial charge >= 0.3 is 0 Å². The maximum atomic E-state index is 5.09. The zero-order valence-electron chi connectivity index (χ0n) is 27.7. The molecule has 240 valence electrons. The fourth-order valence-corrected chi connectivity index (χ4v) is 7.27. The largest absolute Gasteiger partial charge is 0.355 e. The highest BCUT2D eigenvalue weighted by atomic mass is 15.2. The molecule has 2 aromatic carbocycles. The van der Waals surface area contributed by atoms with Gasteiger partial charge in [0.1, 0.15) is 5.82 Å². The van der Waals surface area contributed by atoms with Crippen LogP contribution in [-0.2, 0) is 0 Å². The van der Waals surface area contributed by atoms with E-state index >= 15 is 0 Å². The molecule has 0 radical (unpaired) electrons. The zero-order chi connectivity index (χ0) is 32.3. The fourth-order valence-electron chi connectivity index (χ4n) is 7.27. The normalized spacial score (nSPS) is 19.4. The Kier molecular flexibility index (Phi) is 8.93. The molecule has 0 saturated carbocycles. The van der Waals surface area contributed by atoms with Gasteiger partial charge in [0.05, 0.1) is 30.0 Å². The van der Waals surface area contributed by atoms with Gasteiger partial charge in [-0.25, -0.2) is 15.0 Å². The van der Waals surface area contributed by atoms with Crippen LogP contribution in [0.3, 0.4) is 0 Å². The van der Waals surface area contributed by atoms with Crippen molar-refractivity contribution in [1.29, 1.82) is 0 Å². The van der Waals surface area contributed by atoms with Crippen LogP contribution in [-0.4, -0.2) is 71.4 Å². The Morgan fingerprint density at radius 1 is 0.723 bits per heavy atom. The van der Waals surface area contributed by atoms with E-state index in [9.17, 15) is 0 Å². The molecule has 2 saturated heterocycles. The van der Waals surface area contributed by atoms with Crippen molar-refractivity contribution in [3.8, 4) is 22.5 Å². The summed E-state index contributed by atoms with van der Waals surface area (Å²) in [6.45, 7) is 12.5. The monoisotopic (exact) mass is 626 g/mol. The van der Waals surface area contributed by atoms with Crippen LogP contribution in [0.5, 0.6) is 0 Å². The highest BCUT2D eigenvalue weighted by Crippen LogP contribution is 2.35. The Morgan fingerprint density at radius 2 is 1.38 bits per heavy atom. The topological polar surface area (TPSA) is 110 Å². The summed E-state index contributed by atoms with van der Waals surface area (Å²) in [7, 11) is 0. The second-order valence-corrected chi connectivity index (χ2v) is 13.0. The summed E-state index contributed by atoms with van der Waals surface area (Å²) in [5, 5.41) is 17.9. The van der Waals surface area contributed by atoms with Gasteiger partial charge in [0, 0.05) is 61.0 Å². The molecular weight excluding hydrogens is 584 g/mol. The van der Waals surface area contributed by atoms with E-state index in [0.29, 0.717) is 0 Å². The zero-order valence-corrected chi connectivity index (χ0v) is 27.7. The second kappa shape index (κ2) is 13.6. The van der Waals surface area contributed by atoms with Gasteiger partial charge in [-0.05, 0) is 82.2 Å². The summed E-state index contributed by atoms with van der Waals surface area (Å²) < 4.78 is 0. The summed E-state index contributed by atoms with van der Waals surface area (Å²) in [4.78, 5) is 23.7. The first-order chi connectivity index (χ1) is 23.0. The van der Waals surface area contributed by atoms with Crippen LogP contribution in [0.4, 0.5) is 5.82 Å². The first kappa shape index (κ1) is 30.9. The van der Waals surface area contributed by atoms with Crippen LogP contribution in [0.2, 0.25) is 0 Å². The van der Waals surface area contributed by atoms with Crippen molar-refractivity contribution in [2.75, 3.05) is 31.1 Å². The first-order valence-electron chi connectivity index (χ1n) is 16.8. The number of piperidine rings is 2. The first-order valence-corrected chi connectivity index (χ1v) is 16.8. The predicted octanol–water partition coefficient (Wildman–Crippen LogP) is 6.43. The van der Waals surface area contributed by atoms with Crippen LogP contribution >= 0.6 is 0 Å². The van der Waals surface area contributed by atoms with Crippen molar-refractivity contribution in [2.45, 2.75) is 71.3 Å². The maximum absolute atomic E-state index is 5.09. The predicted molar refractivity (Wildman–Crippen MR) is 183 cm³/mol. The minimum atomic E-state index is 0.191. The van der Waals surface area contributed by atoms with Gasteiger partial charge in [0.25, 0.3) is 0 Å². The Hall–Kier alpha value is -4.70. The molecule has 3 atom stereocenters. The number of aryl methyl sites for hydroxylation is 1. The summed E-state index contributed by atoms with van der Waals surface area (Å²) in [5.74, 6) is 2.96. The van der Waals surface area contributed by atoms with E-state index in [1.807, 2.05) is 6.20 Å². The van der Waals surface area contributed by atoms with E-state index in [1.54, 1.807) is 24.8 Å². The second-order valence-electron chi connectivity index (χ2n) is 13.0. The van der Waals surface area contributed by atoms with Crippen molar-refractivity contribution < 1.29 is 0 Å². The minimum Gasteiger partial charge on any atom is -0.355 e. The molecule has 5 aromatic rings. The molecule has 5 heterocycles. The molecular formula is C37H42N10. The van der Waals surface area contributed by atoms with E-state index in [-0.39, 0.29) is 17.9 Å². The smallest absolute Gasteiger partial charge is 0.156 e. The summed E-state index contributed by atoms with van der Waals surface area (Å²) in [6.07, 6.45) is 13.1. The van der Waals surface area contributed by atoms with E-state index in [4.69, 9.17) is 9.97 Å². The number of anilines is 1. The average Bonchev–Trinajstić information content (AvgIpc) is 3.13. The van der Waals surface area contributed by atoms with Crippen LogP contribution in [0.15, 0.2) is 67.4 Å². The number of hydrogen-bond acceptors (Lipinski definition) is 10. The lowest BCUT2D eigenvalue weighted by Crippen LogP contribution is -2.37. The van der Waals surface area contributed by atoms with E-state index < -0.39 is 0 Å². The summed E-state index contributed by atoms with van der Waals surface area (Å²) in [6, 6.07) is 13.1. The average molecular weight is 627 g/mol. The number of likely N-dealkylation sites (tertiary alicyclic amines) is 1. The molecule has 0 amide bonds.